The number of aliphatic hydroxyl groups excluding tert-OH is 1. The van der Waals surface area contributed by atoms with Crippen molar-refractivity contribution in [3.05, 3.63) is 0 Å². The molecule has 1 aliphatic carbocycles. The van der Waals surface area contributed by atoms with E-state index in [9.17, 15) is 5.11 Å². The smallest absolute Gasteiger partial charge is 0.0613 e. The molecule has 2 N–H and O–H groups in total. The Morgan fingerprint density at radius 3 is 2.47 bits per heavy atom. The maximum absolute atomic E-state index is 9.86. The van der Waals surface area contributed by atoms with Crippen molar-refractivity contribution >= 4 is 0 Å². The quantitative estimate of drug-likeness (QED) is 0.746. The van der Waals surface area contributed by atoms with Gasteiger partial charge in [0.2, 0.25) is 0 Å². The summed E-state index contributed by atoms with van der Waals surface area (Å²) >= 11 is 0. The van der Waals surface area contributed by atoms with Gasteiger partial charge in [0.05, 0.1) is 6.61 Å². The second-order valence-electron chi connectivity index (χ2n) is 6.97. The molecule has 0 heterocycles. The Morgan fingerprint density at radius 2 is 2.00 bits per heavy atom. The predicted octanol–water partition coefficient (Wildman–Crippen LogP) is 2.64. The summed E-state index contributed by atoms with van der Waals surface area (Å²) in [5.41, 5.74) is -0.0541. The Bertz CT molecular complexity index is 255. The fourth-order valence-electron chi connectivity index (χ4n) is 3.58. The molecule has 0 aliphatic heterocycles. The van der Waals surface area contributed by atoms with Gasteiger partial charge in [-0.15, -0.1) is 0 Å². The van der Waals surface area contributed by atoms with Gasteiger partial charge in [-0.1, -0.05) is 34.6 Å². The first-order chi connectivity index (χ1) is 8.92. The Labute approximate surface area is 119 Å². The lowest BCUT2D eigenvalue weighted by Crippen LogP contribution is -2.58. The van der Waals surface area contributed by atoms with E-state index < -0.39 is 0 Å². The SMILES string of the molecule is CCN(CC(C)C)C1CCCC(CO)(NC(C)C)C1. The molecule has 0 aromatic rings. The highest BCUT2D eigenvalue weighted by molar-refractivity contribution is 4.97. The molecule has 1 saturated carbocycles. The molecule has 0 aromatic heterocycles. The number of aliphatic hydroxyl groups is 1. The summed E-state index contributed by atoms with van der Waals surface area (Å²) in [5, 5.41) is 13.5. The lowest BCUT2D eigenvalue weighted by atomic mass is 9.78. The molecule has 2 atom stereocenters. The van der Waals surface area contributed by atoms with Crippen molar-refractivity contribution < 1.29 is 5.11 Å². The van der Waals surface area contributed by atoms with E-state index in [2.05, 4.69) is 44.8 Å². The minimum absolute atomic E-state index is 0.0541. The first-order valence-electron chi connectivity index (χ1n) is 8.05. The second kappa shape index (κ2) is 7.61. The van der Waals surface area contributed by atoms with E-state index in [1.54, 1.807) is 0 Å². The fourth-order valence-corrected chi connectivity index (χ4v) is 3.58. The minimum atomic E-state index is -0.0541. The van der Waals surface area contributed by atoms with Gasteiger partial charge in [0.15, 0.2) is 0 Å². The molecule has 0 bridgehead atoms. The highest BCUT2D eigenvalue weighted by atomic mass is 16.3. The van der Waals surface area contributed by atoms with Crippen LogP contribution in [0.2, 0.25) is 0 Å². The molecule has 2 unspecified atom stereocenters. The van der Waals surface area contributed by atoms with Crippen LogP contribution in [0.1, 0.15) is 60.3 Å². The molecular weight excluding hydrogens is 236 g/mol. The molecule has 3 heteroatoms. The van der Waals surface area contributed by atoms with Gasteiger partial charge >= 0.3 is 0 Å². The van der Waals surface area contributed by atoms with E-state index in [0.717, 1.165) is 19.4 Å². The third kappa shape index (κ3) is 5.05. The van der Waals surface area contributed by atoms with Gasteiger partial charge in [0.1, 0.15) is 0 Å². The van der Waals surface area contributed by atoms with E-state index in [1.807, 2.05) is 0 Å². The summed E-state index contributed by atoms with van der Waals surface area (Å²) in [5.74, 6) is 0.712. The van der Waals surface area contributed by atoms with Gasteiger partial charge < -0.3 is 15.3 Å². The van der Waals surface area contributed by atoms with Crippen LogP contribution in [0.25, 0.3) is 0 Å². The molecule has 1 aliphatic rings. The average molecular weight is 270 g/mol. The van der Waals surface area contributed by atoms with Crippen LogP contribution in [0, 0.1) is 5.92 Å². The van der Waals surface area contributed by atoms with E-state index in [4.69, 9.17) is 0 Å². The minimum Gasteiger partial charge on any atom is -0.394 e. The number of nitrogens with zero attached hydrogens (tertiary/aromatic N) is 1. The topological polar surface area (TPSA) is 35.5 Å². The summed E-state index contributed by atoms with van der Waals surface area (Å²) in [6.07, 6.45) is 4.70. The molecule has 0 radical (unpaired) electrons. The van der Waals surface area contributed by atoms with Crippen molar-refractivity contribution in [3.8, 4) is 0 Å². The van der Waals surface area contributed by atoms with Crippen molar-refractivity contribution in [2.75, 3.05) is 19.7 Å². The van der Waals surface area contributed by atoms with Crippen LogP contribution >= 0.6 is 0 Å². The molecule has 1 fully saturated rings. The Morgan fingerprint density at radius 1 is 1.32 bits per heavy atom. The van der Waals surface area contributed by atoms with Crippen LogP contribution in [0.3, 0.4) is 0 Å². The Hall–Kier alpha value is -0.120. The predicted molar refractivity (Wildman–Crippen MR) is 82.4 cm³/mol. The molecule has 1 rings (SSSR count). The zero-order valence-corrected chi connectivity index (χ0v) is 13.6. The van der Waals surface area contributed by atoms with Crippen LogP contribution in [0.4, 0.5) is 0 Å². The lowest BCUT2D eigenvalue weighted by molar-refractivity contribution is 0.0516. The summed E-state index contributed by atoms with van der Waals surface area (Å²) < 4.78 is 0. The molecule has 0 amide bonds. The number of nitrogens with one attached hydrogen (secondary N) is 1. The van der Waals surface area contributed by atoms with E-state index in [-0.39, 0.29) is 12.1 Å². The van der Waals surface area contributed by atoms with E-state index in [1.165, 1.54) is 19.4 Å². The van der Waals surface area contributed by atoms with Crippen LogP contribution < -0.4 is 5.32 Å². The van der Waals surface area contributed by atoms with E-state index in [0.29, 0.717) is 18.0 Å². The van der Waals surface area contributed by atoms with Crippen molar-refractivity contribution in [2.24, 2.45) is 5.92 Å². The molecule has 19 heavy (non-hydrogen) atoms. The van der Waals surface area contributed by atoms with Crippen LogP contribution in [-0.2, 0) is 0 Å². The van der Waals surface area contributed by atoms with Crippen molar-refractivity contribution in [2.45, 2.75) is 77.9 Å². The Balaban J connectivity index is 2.70. The van der Waals surface area contributed by atoms with Gasteiger partial charge in [0, 0.05) is 24.2 Å². The summed E-state index contributed by atoms with van der Waals surface area (Å²) in [6, 6.07) is 1.06. The van der Waals surface area contributed by atoms with Crippen molar-refractivity contribution in [1.29, 1.82) is 0 Å². The van der Waals surface area contributed by atoms with Gasteiger partial charge in [-0.3, -0.25) is 0 Å². The van der Waals surface area contributed by atoms with Gasteiger partial charge in [0.25, 0.3) is 0 Å². The molecule has 0 spiro atoms. The maximum Gasteiger partial charge on any atom is 0.0613 e. The van der Waals surface area contributed by atoms with Gasteiger partial charge in [-0.25, -0.2) is 0 Å². The van der Waals surface area contributed by atoms with Gasteiger partial charge in [-0.2, -0.15) is 0 Å². The Kier molecular flexibility index (Phi) is 6.78. The van der Waals surface area contributed by atoms with Crippen molar-refractivity contribution in [3.63, 3.8) is 0 Å². The highest BCUT2D eigenvalue weighted by Crippen LogP contribution is 2.31. The normalized spacial score (nSPS) is 28.6. The largest absolute Gasteiger partial charge is 0.394 e. The molecule has 114 valence electrons. The van der Waals surface area contributed by atoms with E-state index >= 15 is 0 Å². The summed E-state index contributed by atoms with van der Waals surface area (Å²) in [7, 11) is 0. The summed E-state index contributed by atoms with van der Waals surface area (Å²) in [4.78, 5) is 2.61. The first kappa shape index (κ1) is 16.9. The van der Waals surface area contributed by atoms with Crippen LogP contribution in [0.5, 0.6) is 0 Å². The average Bonchev–Trinajstić information content (AvgIpc) is 2.35. The second-order valence-corrected chi connectivity index (χ2v) is 6.97. The fraction of sp³-hybridized carbons (Fsp3) is 1.00. The number of hydrogen-bond acceptors (Lipinski definition) is 3. The molecule has 3 nitrogen and oxygen atoms in total. The first-order valence-corrected chi connectivity index (χ1v) is 8.05. The van der Waals surface area contributed by atoms with Crippen molar-refractivity contribution in [1.82, 2.24) is 10.2 Å². The summed E-state index contributed by atoms with van der Waals surface area (Å²) in [6.45, 7) is 13.7. The number of rotatable bonds is 7. The van der Waals surface area contributed by atoms with Crippen LogP contribution in [-0.4, -0.2) is 47.3 Å². The molecular formula is C16H34N2O. The van der Waals surface area contributed by atoms with Gasteiger partial charge in [-0.05, 0) is 38.1 Å². The monoisotopic (exact) mass is 270 g/mol. The third-order valence-corrected chi connectivity index (χ3v) is 4.24. The molecule has 0 saturated heterocycles. The zero-order chi connectivity index (χ0) is 14.5. The third-order valence-electron chi connectivity index (χ3n) is 4.24. The standard InChI is InChI=1S/C16H34N2O/c1-6-18(11-13(2)3)15-8-7-9-16(10-15,12-19)17-14(4)5/h13-15,17,19H,6-12H2,1-5H3. The highest BCUT2D eigenvalue weighted by Gasteiger charge is 2.37. The number of hydrogen-bond donors (Lipinski definition) is 2. The molecule has 0 aromatic carbocycles. The zero-order valence-electron chi connectivity index (χ0n) is 13.6. The maximum atomic E-state index is 9.86. The lowest BCUT2D eigenvalue weighted by Gasteiger charge is -2.45. The van der Waals surface area contributed by atoms with Crippen LogP contribution in [0.15, 0.2) is 0 Å².